The zero-order chi connectivity index (χ0) is 15.9. The minimum Gasteiger partial charge on any atom is -0.364 e. The Bertz CT molecular complexity index is 872. The van der Waals surface area contributed by atoms with Crippen molar-refractivity contribution >= 4 is 11.3 Å². The predicted octanol–water partition coefficient (Wildman–Crippen LogP) is 2.19. The Kier molecular flexibility index (Phi) is 3.30. The fourth-order valence-corrected chi connectivity index (χ4v) is 2.83. The number of anilines is 1. The lowest BCUT2D eigenvalue weighted by Gasteiger charge is -2.29. The summed E-state index contributed by atoms with van der Waals surface area (Å²) >= 11 is 0. The van der Waals surface area contributed by atoms with Gasteiger partial charge in [0, 0.05) is 25.2 Å². The fourth-order valence-electron chi connectivity index (χ4n) is 2.83. The molecule has 0 spiro atoms. The maximum Gasteiger partial charge on any atom is 0.290 e. The first kappa shape index (κ1) is 14.1. The second-order valence-electron chi connectivity index (χ2n) is 5.44. The summed E-state index contributed by atoms with van der Waals surface area (Å²) in [5, 5.41) is 13.8. The van der Waals surface area contributed by atoms with E-state index in [1.807, 2.05) is 49.2 Å². The number of aromatic nitrogens is 2. The Hall–Kier alpha value is -2.87. The fraction of sp³-hybridized carbons (Fsp3) is 0.235. The molecule has 110 valence electrons. The number of aryl methyl sites for hydroxylation is 1. The van der Waals surface area contributed by atoms with Crippen LogP contribution in [0.3, 0.4) is 0 Å². The van der Waals surface area contributed by atoms with Gasteiger partial charge < -0.3 is 4.90 Å². The molecule has 0 N–H and O–H groups in total. The van der Waals surface area contributed by atoms with Crippen molar-refractivity contribution in [3.05, 3.63) is 51.8 Å². The highest BCUT2D eigenvalue weighted by Crippen LogP contribution is 2.37. The van der Waals surface area contributed by atoms with Crippen LogP contribution in [-0.4, -0.2) is 23.4 Å². The van der Waals surface area contributed by atoms with E-state index in [1.165, 1.54) is 4.68 Å². The van der Waals surface area contributed by atoms with E-state index in [0.717, 1.165) is 22.4 Å². The Morgan fingerprint density at radius 2 is 1.91 bits per heavy atom. The van der Waals surface area contributed by atoms with E-state index in [2.05, 4.69) is 11.2 Å². The van der Waals surface area contributed by atoms with Crippen molar-refractivity contribution in [3.8, 4) is 17.3 Å². The molecule has 0 fully saturated rings. The number of nitriles is 1. The number of benzene rings is 1. The zero-order valence-corrected chi connectivity index (χ0v) is 12.8. The van der Waals surface area contributed by atoms with Crippen LogP contribution < -0.4 is 10.5 Å². The van der Waals surface area contributed by atoms with E-state index in [0.29, 0.717) is 17.8 Å². The van der Waals surface area contributed by atoms with Gasteiger partial charge in [0.1, 0.15) is 11.4 Å². The van der Waals surface area contributed by atoms with Gasteiger partial charge in [-0.1, -0.05) is 30.3 Å². The predicted molar refractivity (Wildman–Crippen MR) is 86.4 cm³/mol. The van der Waals surface area contributed by atoms with E-state index in [1.54, 1.807) is 7.05 Å². The zero-order valence-electron chi connectivity index (χ0n) is 12.8. The largest absolute Gasteiger partial charge is 0.364 e. The highest BCUT2D eigenvalue weighted by Gasteiger charge is 2.27. The van der Waals surface area contributed by atoms with E-state index in [-0.39, 0.29) is 5.56 Å². The van der Waals surface area contributed by atoms with Crippen molar-refractivity contribution < 1.29 is 0 Å². The molecule has 0 bridgehead atoms. The van der Waals surface area contributed by atoms with Gasteiger partial charge >= 0.3 is 0 Å². The first-order valence-electron chi connectivity index (χ1n) is 7.02. The summed E-state index contributed by atoms with van der Waals surface area (Å²) in [7, 11) is 3.49. The summed E-state index contributed by atoms with van der Waals surface area (Å²) < 4.78 is 1.36. The molecule has 1 aromatic heterocycles. The average molecular weight is 292 g/mol. The van der Waals surface area contributed by atoms with Crippen LogP contribution in [0.5, 0.6) is 0 Å². The van der Waals surface area contributed by atoms with E-state index in [4.69, 9.17) is 0 Å². The van der Waals surface area contributed by atoms with Gasteiger partial charge in [-0.3, -0.25) is 4.79 Å². The molecule has 2 heterocycles. The SMILES string of the molecule is CC1=C(C#N)CN(C)c2c1c(-c1ccccc1)nn(C)c2=O. The summed E-state index contributed by atoms with van der Waals surface area (Å²) in [6.45, 7) is 2.33. The third-order valence-electron chi connectivity index (χ3n) is 4.01. The molecule has 3 rings (SSSR count). The van der Waals surface area contributed by atoms with Gasteiger partial charge in [-0.05, 0) is 12.5 Å². The molecule has 0 atom stereocenters. The van der Waals surface area contributed by atoms with Gasteiger partial charge in [-0.15, -0.1) is 0 Å². The lowest BCUT2D eigenvalue weighted by molar-refractivity contribution is 0.704. The van der Waals surface area contributed by atoms with Crippen molar-refractivity contribution in [2.75, 3.05) is 18.5 Å². The maximum absolute atomic E-state index is 12.5. The van der Waals surface area contributed by atoms with Crippen LogP contribution >= 0.6 is 0 Å². The molecule has 0 unspecified atom stereocenters. The lowest BCUT2D eigenvalue weighted by Crippen LogP contribution is -2.35. The molecule has 0 saturated heterocycles. The van der Waals surface area contributed by atoms with Gasteiger partial charge in [0.25, 0.3) is 5.56 Å². The topological polar surface area (TPSA) is 61.9 Å². The van der Waals surface area contributed by atoms with Crippen LogP contribution in [-0.2, 0) is 7.05 Å². The molecule has 0 radical (unpaired) electrons. The summed E-state index contributed by atoms with van der Waals surface area (Å²) in [5.41, 5.74) is 4.39. The monoisotopic (exact) mass is 292 g/mol. The quantitative estimate of drug-likeness (QED) is 0.808. The highest BCUT2D eigenvalue weighted by atomic mass is 16.1. The third kappa shape index (κ3) is 2.01. The van der Waals surface area contributed by atoms with Gasteiger partial charge in [0.15, 0.2) is 0 Å². The van der Waals surface area contributed by atoms with Crippen molar-refractivity contribution in [2.24, 2.45) is 7.05 Å². The third-order valence-corrected chi connectivity index (χ3v) is 4.01. The van der Waals surface area contributed by atoms with Crippen LogP contribution in [0.25, 0.3) is 16.8 Å². The second-order valence-corrected chi connectivity index (χ2v) is 5.44. The molecule has 5 nitrogen and oxygen atoms in total. The van der Waals surface area contributed by atoms with Crippen molar-refractivity contribution in [1.82, 2.24) is 9.78 Å². The van der Waals surface area contributed by atoms with Gasteiger partial charge in [-0.2, -0.15) is 10.4 Å². The number of allylic oxidation sites excluding steroid dienone is 1. The van der Waals surface area contributed by atoms with Gasteiger partial charge in [0.2, 0.25) is 0 Å². The Morgan fingerprint density at radius 3 is 2.55 bits per heavy atom. The molecule has 1 aliphatic heterocycles. The van der Waals surface area contributed by atoms with Crippen molar-refractivity contribution in [1.29, 1.82) is 5.26 Å². The van der Waals surface area contributed by atoms with Crippen molar-refractivity contribution in [2.45, 2.75) is 6.92 Å². The molecule has 22 heavy (non-hydrogen) atoms. The van der Waals surface area contributed by atoms with Crippen LogP contribution in [0.4, 0.5) is 5.69 Å². The van der Waals surface area contributed by atoms with Crippen LogP contribution in [0, 0.1) is 11.3 Å². The minimum absolute atomic E-state index is 0.145. The first-order chi connectivity index (χ1) is 10.5. The van der Waals surface area contributed by atoms with E-state index in [9.17, 15) is 10.1 Å². The average Bonchev–Trinajstić information content (AvgIpc) is 2.53. The summed E-state index contributed by atoms with van der Waals surface area (Å²) in [6.07, 6.45) is 0. The second kappa shape index (κ2) is 5.15. The smallest absolute Gasteiger partial charge is 0.290 e. The molecular formula is C17H16N4O. The van der Waals surface area contributed by atoms with Crippen LogP contribution in [0.1, 0.15) is 12.5 Å². The van der Waals surface area contributed by atoms with Gasteiger partial charge in [0.05, 0.1) is 18.2 Å². The molecule has 0 aliphatic carbocycles. The number of likely N-dealkylation sites (N-methyl/N-ethyl adjacent to an activating group) is 1. The number of hydrogen-bond donors (Lipinski definition) is 0. The van der Waals surface area contributed by atoms with E-state index < -0.39 is 0 Å². The molecular weight excluding hydrogens is 276 g/mol. The molecule has 1 aliphatic rings. The number of nitrogens with zero attached hydrogens (tertiary/aromatic N) is 4. The molecule has 2 aromatic rings. The molecule has 0 saturated carbocycles. The van der Waals surface area contributed by atoms with Gasteiger partial charge in [-0.25, -0.2) is 4.68 Å². The molecule has 1 aromatic carbocycles. The first-order valence-corrected chi connectivity index (χ1v) is 7.02. The van der Waals surface area contributed by atoms with Crippen LogP contribution in [0.15, 0.2) is 40.7 Å². The minimum atomic E-state index is -0.145. The standard InChI is InChI=1S/C17H16N4O/c1-11-13(9-18)10-20(2)16-14(11)15(19-21(3)17(16)22)12-7-5-4-6-8-12/h4-8H,10H2,1-3H3. The highest BCUT2D eigenvalue weighted by molar-refractivity contribution is 5.90. The number of fused-ring (bicyclic) bond motifs is 1. The van der Waals surface area contributed by atoms with Crippen LogP contribution in [0.2, 0.25) is 0 Å². The summed E-state index contributed by atoms with van der Waals surface area (Å²) in [4.78, 5) is 14.3. The molecule has 5 heteroatoms. The summed E-state index contributed by atoms with van der Waals surface area (Å²) in [6, 6.07) is 12.0. The normalized spacial score (nSPS) is 13.8. The molecule has 0 amide bonds. The summed E-state index contributed by atoms with van der Waals surface area (Å²) in [5.74, 6) is 0. The Labute approximate surface area is 128 Å². The lowest BCUT2D eigenvalue weighted by atomic mass is 9.92. The van der Waals surface area contributed by atoms with Crippen molar-refractivity contribution in [3.63, 3.8) is 0 Å². The van der Waals surface area contributed by atoms with E-state index >= 15 is 0 Å². The number of hydrogen-bond acceptors (Lipinski definition) is 4. The Morgan fingerprint density at radius 1 is 1.23 bits per heavy atom. The number of rotatable bonds is 1. The maximum atomic E-state index is 12.5. The Balaban J connectivity index is 2.43.